The topological polar surface area (TPSA) is 58.4 Å². The van der Waals surface area contributed by atoms with Gasteiger partial charge in [0.1, 0.15) is 6.04 Å². The zero-order valence-electron chi connectivity index (χ0n) is 11.0. The van der Waals surface area contributed by atoms with Gasteiger partial charge in [0.25, 0.3) is 0 Å². The highest BCUT2D eigenvalue weighted by molar-refractivity contribution is 9.10. The summed E-state index contributed by atoms with van der Waals surface area (Å²) < 4.78 is 0.932. The number of halogens is 1. The molecule has 0 aliphatic heterocycles. The maximum atomic E-state index is 12.1. The second kappa shape index (κ2) is 6.64. The summed E-state index contributed by atoms with van der Waals surface area (Å²) in [6.45, 7) is 7.23. The van der Waals surface area contributed by atoms with Crippen LogP contribution in [0.1, 0.15) is 20.8 Å². The molecule has 0 aliphatic rings. The molecule has 3 N–H and O–H groups in total. The van der Waals surface area contributed by atoms with Crippen LogP contribution >= 0.6 is 15.9 Å². The van der Waals surface area contributed by atoms with Gasteiger partial charge in [0.2, 0.25) is 5.91 Å². The molecule has 1 aromatic rings. The van der Waals surface area contributed by atoms with E-state index in [1.165, 1.54) is 0 Å². The molecule has 0 saturated heterocycles. The van der Waals surface area contributed by atoms with Gasteiger partial charge in [-0.25, -0.2) is 0 Å². The number of carbonyl (C=O) groups is 1. The number of nitrogens with two attached hydrogens (primary N) is 1. The maximum absolute atomic E-state index is 12.1. The third-order valence-electron chi connectivity index (χ3n) is 2.83. The lowest BCUT2D eigenvalue weighted by Crippen LogP contribution is -2.41. The second-order valence-electron chi connectivity index (χ2n) is 4.11. The SMILES string of the molecule is CCN(CC)C(=O)C(C)Nc1cc(Br)ccc1N. The normalized spacial score (nSPS) is 12.0. The first-order valence-corrected chi connectivity index (χ1v) is 6.89. The molecule has 0 aliphatic carbocycles. The highest BCUT2D eigenvalue weighted by Gasteiger charge is 2.18. The van der Waals surface area contributed by atoms with Crippen molar-refractivity contribution in [2.24, 2.45) is 0 Å². The van der Waals surface area contributed by atoms with Crippen LogP contribution < -0.4 is 11.1 Å². The highest BCUT2D eigenvalue weighted by Crippen LogP contribution is 2.24. The molecule has 5 heteroatoms. The fourth-order valence-corrected chi connectivity index (χ4v) is 2.12. The van der Waals surface area contributed by atoms with Gasteiger partial charge < -0.3 is 16.0 Å². The maximum Gasteiger partial charge on any atom is 0.244 e. The van der Waals surface area contributed by atoms with E-state index >= 15 is 0 Å². The fraction of sp³-hybridized carbons (Fsp3) is 0.462. The molecule has 0 radical (unpaired) electrons. The standard InChI is InChI=1S/C13H20BrN3O/c1-4-17(5-2)13(18)9(3)16-12-8-10(14)6-7-11(12)15/h6-9,16H,4-5,15H2,1-3H3. The number of nitrogens with one attached hydrogen (secondary N) is 1. The molecule has 4 nitrogen and oxygen atoms in total. The smallest absolute Gasteiger partial charge is 0.244 e. The van der Waals surface area contributed by atoms with Crippen molar-refractivity contribution in [3.05, 3.63) is 22.7 Å². The Morgan fingerprint density at radius 3 is 2.61 bits per heavy atom. The van der Waals surface area contributed by atoms with Crippen molar-refractivity contribution >= 4 is 33.2 Å². The zero-order valence-corrected chi connectivity index (χ0v) is 12.6. The number of benzene rings is 1. The number of hydrogen-bond donors (Lipinski definition) is 2. The minimum atomic E-state index is -0.290. The molecule has 1 amide bonds. The molecule has 18 heavy (non-hydrogen) atoms. The number of carbonyl (C=O) groups excluding carboxylic acids is 1. The summed E-state index contributed by atoms with van der Waals surface area (Å²) >= 11 is 3.39. The quantitative estimate of drug-likeness (QED) is 0.822. The zero-order chi connectivity index (χ0) is 13.7. The van der Waals surface area contributed by atoms with E-state index in [1.807, 2.05) is 32.9 Å². The molecule has 1 atom stereocenters. The third kappa shape index (κ3) is 3.63. The van der Waals surface area contributed by atoms with E-state index in [0.29, 0.717) is 5.69 Å². The Bertz CT molecular complexity index is 419. The monoisotopic (exact) mass is 313 g/mol. The van der Waals surface area contributed by atoms with E-state index in [9.17, 15) is 4.79 Å². The van der Waals surface area contributed by atoms with Crippen LogP contribution in [-0.2, 0) is 4.79 Å². The summed E-state index contributed by atoms with van der Waals surface area (Å²) in [4.78, 5) is 13.9. The van der Waals surface area contributed by atoms with Crippen LogP contribution in [0.25, 0.3) is 0 Å². The molecule has 0 saturated carbocycles. The van der Waals surface area contributed by atoms with Crippen molar-refractivity contribution < 1.29 is 4.79 Å². The van der Waals surface area contributed by atoms with Crippen LogP contribution in [0.15, 0.2) is 22.7 Å². The van der Waals surface area contributed by atoms with E-state index < -0.39 is 0 Å². The lowest BCUT2D eigenvalue weighted by molar-refractivity contribution is -0.131. The summed E-state index contributed by atoms with van der Waals surface area (Å²) in [6, 6.07) is 5.27. The highest BCUT2D eigenvalue weighted by atomic mass is 79.9. The number of amides is 1. The molecule has 0 spiro atoms. The molecular weight excluding hydrogens is 294 g/mol. The lowest BCUT2D eigenvalue weighted by atomic mass is 10.2. The minimum absolute atomic E-state index is 0.0828. The molecule has 0 aromatic heterocycles. The average Bonchev–Trinajstić information content (AvgIpc) is 2.35. The van der Waals surface area contributed by atoms with Crippen molar-refractivity contribution in [3.63, 3.8) is 0 Å². The van der Waals surface area contributed by atoms with Crippen molar-refractivity contribution in [2.75, 3.05) is 24.1 Å². The largest absolute Gasteiger partial charge is 0.397 e. The van der Waals surface area contributed by atoms with Crippen LogP contribution in [0.3, 0.4) is 0 Å². The Morgan fingerprint density at radius 1 is 1.44 bits per heavy atom. The summed E-state index contributed by atoms with van der Waals surface area (Å²) in [5.41, 5.74) is 7.28. The van der Waals surface area contributed by atoms with Gasteiger partial charge in [-0.2, -0.15) is 0 Å². The third-order valence-corrected chi connectivity index (χ3v) is 3.33. The number of nitrogens with zero attached hydrogens (tertiary/aromatic N) is 1. The summed E-state index contributed by atoms with van der Waals surface area (Å²) in [5.74, 6) is 0.0828. The van der Waals surface area contributed by atoms with Crippen LogP contribution in [0.4, 0.5) is 11.4 Å². The average molecular weight is 314 g/mol. The molecule has 1 rings (SSSR count). The van der Waals surface area contributed by atoms with Gasteiger partial charge in [0, 0.05) is 17.6 Å². The minimum Gasteiger partial charge on any atom is -0.397 e. The number of nitrogen functional groups attached to an aromatic ring is 1. The molecule has 1 aromatic carbocycles. The lowest BCUT2D eigenvalue weighted by Gasteiger charge is -2.24. The molecule has 0 heterocycles. The van der Waals surface area contributed by atoms with Crippen LogP contribution in [-0.4, -0.2) is 29.9 Å². The van der Waals surface area contributed by atoms with Crippen LogP contribution in [0.2, 0.25) is 0 Å². The van der Waals surface area contributed by atoms with Crippen molar-refractivity contribution in [1.29, 1.82) is 0 Å². The summed E-state index contributed by atoms with van der Waals surface area (Å²) in [7, 11) is 0. The summed E-state index contributed by atoms with van der Waals surface area (Å²) in [6.07, 6.45) is 0. The molecule has 0 bridgehead atoms. The van der Waals surface area contributed by atoms with Gasteiger partial charge in [0.05, 0.1) is 11.4 Å². The molecule has 100 valence electrons. The van der Waals surface area contributed by atoms with Gasteiger partial charge in [-0.15, -0.1) is 0 Å². The van der Waals surface area contributed by atoms with Crippen molar-refractivity contribution in [2.45, 2.75) is 26.8 Å². The van der Waals surface area contributed by atoms with E-state index in [0.717, 1.165) is 23.2 Å². The van der Waals surface area contributed by atoms with Gasteiger partial charge in [-0.05, 0) is 39.0 Å². The summed E-state index contributed by atoms with van der Waals surface area (Å²) in [5, 5.41) is 3.15. The first-order chi connectivity index (χ1) is 8.49. The predicted octanol–water partition coefficient (Wildman–Crippen LogP) is 2.70. The van der Waals surface area contributed by atoms with E-state index in [2.05, 4.69) is 21.2 Å². The first-order valence-electron chi connectivity index (χ1n) is 6.09. The Morgan fingerprint density at radius 2 is 2.06 bits per heavy atom. The first kappa shape index (κ1) is 14.8. The molecule has 0 fully saturated rings. The van der Waals surface area contributed by atoms with Gasteiger partial charge >= 0.3 is 0 Å². The van der Waals surface area contributed by atoms with Crippen LogP contribution in [0, 0.1) is 0 Å². The molecule has 1 unspecified atom stereocenters. The second-order valence-corrected chi connectivity index (χ2v) is 5.02. The van der Waals surface area contributed by atoms with Crippen molar-refractivity contribution in [3.8, 4) is 0 Å². The number of hydrogen-bond acceptors (Lipinski definition) is 3. The Hall–Kier alpha value is -1.23. The van der Waals surface area contributed by atoms with Crippen LogP contribution in [0.5, 0.6) is 0 Å². The Balaban J connectivity index is 2.77. The fourth-order valence-electron chi connectivity index (χ4n) is 1.76. The van der Waals surface area contributed by atoms with E-state index in [1.54, 1.807) is 11.0 Å². The molecular formula is C13H20BrN3O. The number of anilines is 2. The number of likely N-dealkylation sites (N-methyl/N-ethyl adjacent to an activating group) is 1. The van der Waals surface area contributed by atoms with Gasteiger partial charge in [0.15, 0.2) is 0 Å². The predicted molar refractivity (Wildman–Crippen MR) is 79.6 cm³/mol. The van der Waals surface area contributed by atoms with Gasteiger partial charge in [-0.3, -0.25) is 4.79 Å². The number of rotatable bonds is 5. The van der Waals surface area contributed by atoms with Gasteiger partial charge in [-0.1, -0.05) is 15.9 Å². The Labute approximate surface area is 117 Å². The van der Waals surface area contributed by atoms with E-state index in [-0.39, 0.29) is 11.9 Å². The van der Waals surface area contributed by atoms with E-state index in [4.69, 9.17) is 5.73 Å². The Kier molecular flexibility index (Phi) is 5.47. The van der Waals surface area contributed by atoms with Crippen molar-refractivity contribution in [1.82, 2.24) is 4.90 Å².